The van der Waals surface area contributed by atoms with Gasteiger partial charge in [-0.2, -0.15) is 65.9 Å². The van der Waals surface area contributed by atoms with Gasteiger partial charge in [0.15, 0.2) is 0 Å². The maximum Gasteiger partial charge on any atom is 0.449 e. The van der Waals surface area contributed by atoms with Crippen LogP contribution in [0.4, 0.5) is 74.6 Å². The topological polar surface area (TPSA) is 9.23 Å². The second kappa shape index (κ2) is 7.65. The van der Waals surface area contributed by atoms with Crippen molar-refractivity contribution in [2.24, 2.45) is 0 Å². The van der Waals surface area contributed by atoms with Crippen molar-refractivity contribution in [1.82, 2.24) is 0 Å². The first-order chi connectivity index (χ1) is 12.8. The van der Waals surface area contributed by atoms with Crippen molar-refractivity contribution in [2.45, 2.75) is 42.2 Å². The zero-order valence-electron chi connectivity index (χ0n) is 13.3. The third kappa shape index (κ3) is 4.55. The van der Waals surface area contributed by atoms with Crippen LogP contribution < -0.4 is 0 Å². The van der Waals surface area contributed by atoms with Crippen LogP contribution in [-0.2, 0) is 4.74 Å². The van der Waals surface area contributed by atoms with Crippen LogP contribution in [-0.4, -0.2) is 48.8 Å². The Labute approximate surface area is 153 Å². The number of rotatable bonds is 5. The van der Waals surface area contributed by atoms with E-state index in [1.54, 1.807) is 0 Å². The normalized spacial score (nSPS) is 15.1. The van der Waals surface area contributed by atoms with E-state index in [1.807, 2.05) is 0 Å². The Balaban J connectivity index is 8.14. The minimum Gasteiger partial charge on any atom is -0.485 e. The molecule has 0 spiro atoms. The van der Waals surface area contributed by atoms with Crippen LogP contribution in [0.15, 0.2) is 24.0 Å². The molecule has 0 aromatic rings. The number of hydrogen-bond donors (Lipinski definition) is 0. The molecule has 0 heterocycles. The van der Waals surface area contributed by atoms with Crippen molar-refractivity contribution in [3.8, 4) is 0 Å². The number of alkyl halides is 17. The maximum absolute atomic E-state index is 14.1. The minimum atomic E-state index is -8.15. The van der Waals surface area contributed by atoms with Crippen molar-refractivity contribution < 1.29 is 79.4 Å². The van der Waals surface area contributed by atoms with Crippen LogP contribution in [0, 0.1) is 0 Å². The average molecular weight is 488 g/mol. The molecule has 0 aliphatic heterocycles. The molecule has 1 nitrogen and oxygen atoms in total. The van der Waals surface area contributed by atoms with E-state index in [9.17, 15) is 74.6 Å². The van der Waals surface area contributed by atoms with Crippen LogP contribution in [0.1, 0.15) is 0 Å². The summed E-state index contributed by atoms with van der Waals surface area (Å²) < 4.78 is 223. The first kappa shape index (κ1) is 28.1. The average Bonchev–Trinajstić information content (AvgIpc) is 2.44. The van der Waals surface area contributed by atoms with E-state index in [2.05, 4.69) is 11.3 Å². The molecule has 0 saturated heterocycles. The summed E-state index contributed by atoms with van der Waals surface area (Å²) in [5.41, 5.74) is -21.8. The van der Waals surface area contributed by atoms with Crippen molar-refractivity contribution in [3.63, 3.8) is 0 Å². The smallest absolute Gasteiger partial charge is 0.449 e. The fourth-order valence-electron chi connectivity index (χ4n) is 1.88. The Morgan fingerprint density at radius 3 is 1.00 bits per heavy atom. The predicted octanol–water partition coefficient (Wildman–Crippen LogP) is 6.67. The third-order valence-electron chi connectivity index (χ3n) is 3.08. The van der Waals surface area contributed by atoms with E-state index in [4.69, 9.17) is 0 Å². The van der Waals surface area contributed by atoms with E-state index in [-0.39, 0.29) is 6.08 Å². The van der Waals surface area contributed by atoms with Gasteiger partial charge in [0.1, 0.15) is 6.61 Å². The zero-order valence-corrected chi connectivity index (χ0v) is 13.3. The molecule has 0 fully saturated rings. The Kier molecular flexibility index (Phi) is 7.16. The van der Waals surface area contributed by atoms with Crippen molar-refractivity contribution >= 4 is 0 Å². The molecule has 0 bridgehead atoms. The van der Waals surface area contributed by atoms with Crippen LogP contribution >= 0.6 is 0 Å². The number of hydrogen-bond acceptors (Lipinski definition) is 1. The van der Waals surface area contributed by atoms with Gasteiger partial charge >= 0.3 is 42.2 Å². The molecule has 18 heteroatoms. The molecular formula is C12H5F17O. The first-order valence-electron chi connectivity index (χ1n) is 6.52. The minimum absolute atomic E-state index is 0.00549. The second-order valence-corrected chi connectivity index (χ2v) is 5.11. The van der Waals surface area contributed by atoms with Gasteiger partial charge in [0, 0.05) is 0 Å². The van der Waals surface area contributed by atoms with Crippen LogP contribution in [0.3, 0.4) is 0 Å². The molecule has 30 heavy (non-hydrogen) atoms. The largest absolute Gasteiger partial charge is 0.485 e. The van der Waals surface area contributed by atoms with Gasteiger partial charge in [-0.25, -0.2) is 8.78 Å². The maximum atomic E-state index is 14.1. The highest BCUT2D eigenvalue weighted by atomic mass is 19.4. The molecule has 0 aromatic carbocycles. The summed E-state index contributed by atoms with van der Waals surface area (Å²) in [7, 11) is 0. The quantitative estimate of drug-likeness (QED) is 0.239. The molecule has 0 saturated carbocycles. The zero-order chi connectivity index (χ0) is 24.8. The highest BCUT2D eigenvalue weighted by Gasteiger charge is 2.87. The lowest BCUT2D eigenvalue weighted by Gasteiger charge is -2.41. The van der Waals surface area contributed by atoms with E-state index >= 15 is 0 Å². The molecule has 0 aromatic heterocycles. The number of ether oxygens (including phenoxy) is 1. The fourth-order valence-corrected chi connectivity index (χ4v) is 1.88. The molecule has 178 valence electrons. The monoisotopic (exact) mass is 488 g/mol. The van der Waals surface area contributed by atoms with Gasteiger partial charge < -0.3 is 4.74 Å². The molecule has 0 aliphatic carbocycles. The second-order valence-electron chi connectivity index (χ2n) is 5.11. The molecule has 0 aliphatic rings. The summed E-state index contributed by atoms with van der Waals surface area (Å²) in [6, 6.07) is 0. The summed E-state index contributed by atoms with van der Waals surface area (Å²) in [4.78, 5) is 0. The van der Waals surface area contributed by atoms with Gasteiger partial charge in [0.05, 0.1) is 5.57 Å². The van der Waals surface area contributed by atoms with E-state index in [0.29, 0.717) is 0 Å². The molecule has 0 unspecified atom stereocenters. The highest BCUT2D eigenvalue weighted by Crippen LogP contribution is 2.62. The number of halogens is 17. The lowest BCUT2D eigenvalue weighted by Crippen LogP contribution is -2.66. The highest BCUT2D eigenvalue weighted by molar-refractivity contribution is 5.40. The van der Waals surface area contributed by atoms with Gasteiger partial charge in [-0.3, -0.25) is 0 Å². The van der Waals surface area contributed by atoms with Crippen LogP contribution in [0.2, 0.25) is 0 Å². The van der Waals surface area contributed by atoms with E-state index in [0.717, 1.165) is 0 Å². The van der Waals surface area contributed by atoms with Crippen LogP contribution in [0.25, 0.3) is 0 Å². The lowest BCUT2D eigenvalue weighted by molar-refractivity contribution is -0.366. The van der Waals surface area contributed by atoms with E-state index in [1.165, 1.54) is 0 Å². The SMILES string of the molecule is C=CCOC(=C(C(F)(C(F)(F)F)C(F)(F)F)C(F)(C(F)(F)F)C(F)(F)F)C(F)(F)F. The summed E-state index contributed by atoms with van der Waals surface area (Å²) in [6.07, 6.45) is -39.1. The standard InChI is InChI=1S/C12H5F17O/c1-2-3-30-5(8(15,16)17)4(6(13,9(18,19)20)10(21,22)23)7(14,11(24,25)26)12(27,28)29/h2H,1,3H2. The number of allylic oxidation sites excluding steroid dienone is 2. The van der Waals surface area contributed by atoms with Gasteiger partial charge in [-0.1, -0.05) is 12.7 Å². The van der Waals surface area contributed by atoms with Gasteiger partial charge in [-0.15, -0.1) is 0 Å². The first-order valence-corrected chi connectivity index (χ1v) is 6.52. The molecule has 0 atom stereocenters. The Bertz CT molecular complexity index is 585. The van der Waals surface area contributed by atoms with Gasteiger partial charge in [-0.05, 0) is 0 Å². The summed E-state index contributed by atoms with van der Waals surface area (Å²) >= 11 is 0. The summed E-state index contributed by atoms with van der Waals surface area (Å²) in [5, 5.41) is 0. The molecule has 0 N–H and O–H groups in total. The van der Waals surface area contributed by atoms with Crippen molar-refractivity contribution in [1.29, 1.82) is 0 Å². The Morgan fingerprint density at radius 1 is 0.567 bits per heavy atom. The Hall–Kier alpha value is -1.91. The molecule has 0 amide bonds. The molecular weight excluding hydrogens is 483 g/mol. The lowest BCUT2D eigenvalue weighted by atomic mass is 9.79. The molecule has 0 radical (unpaired) electrons. The van der Waals surface area contributed by atoms with Crippen molar-refractivity contribution in [3.05, 3.63) is 24.0 Å². The summed E-state index contributed by atoms with van der Waals surface area (Å²) in [6.45, 7) is 0.512. The van der Waals surface area contributed by atoms with Gasteiger partial charge in [0.25, 0.3) is 0 Å². The van der Waals surface area contributed by atoms with E-state index < -0.39 is 60.2 Å². The summed E-state index contributed by atoms with van der Waals surface area (Å²) in [5.74, 6) is -4.49. The van der Waals surface area contributed by atoms with Crippen LogP contribution in [0.5, 0.6) is 0 Å². The molecule has 0 rings (SSSR count). The van der Waals surface area contributed by atoms with Crippen molar-refractivity contribution in [2.75, 3.05) is 6.61 Å². The third-order valence-corrected chi connectivity index (χ3v) is 3.08. The van der Waals surface area contributed by atoms with Gasteiger partial charge in [0.2, 0.25) is 5.76 Å². The predicted molar refractivity (Wildman–Crippen MR) is 61.1 cm³/mol. The Morgan fingerprint density at radius 2 is 0.833 bits per heavy atom. The fraction of sp³-hybridized carbons (Fsp3) is 0.667.